The first kappa shape index (κ1) is 14.1. The summed E-state index contributed by atoms with van der Waals surface area (Å²) < 4.78 is 5.85. The van der Waals surface area contributed by atoms with Gasteiger partial charge in [-0.3, -0.25) is 0 Å². The van der Waals surface area contributed by atoms with Crippen molar-refractivity contribution < 1.29 is 4.74 Å². The van der Waals surface area contributed by atoms with E-state index in [1.807, 2.05) is 18.3 Å². The number of ether oxygens (including phenoxy) is 1. The van der Waals surface area contributed by atoms with E-state index in [1.54, 1.807) is 0 Å². The summed E-state index contributed by atoms with van der Waals surface area (Å²) >= 11 is 0. The monoisotopic (exact) mass is 282 g/mol. The van der Waals surface area contributed by atoms with Gasteiger partial charge in [-0.15, -0.1) is 0 Å². The fraction of sp³-hybridized carbons (Fsp3) is 0.389. The van der Waals surface area contributed by atoms with Crippen molar-refractivity contribution in [3.05, 3.63) is 53.2 Å². The van der Waals surface area contributed by atoms with Gasteiger partial charge in [0, 0.05) is 18.8 Å². The number of aromatic nitrogens is 1. The van der Waals surface area contributed by atoms with E-state index < -0.39 is 0 Å². The predicted octanol–water partition coefficient (Wildman–Crippen LogP) is 3.86. The van der Waals surface area contributed by atoms with Gasteiger partial charge in [-0.05, 0) is 61.1 Å². The Hall–Kier alpha value is -1.87. The maximum absolute atomic E-state index is 5.85. The molecule has 0 aliphatic heterocycles. The van der Waals surface area contributed by atoms with E-state index >= 15 is 0 Å². The highest BCUT2D eigenvalue weighted by Crippen LogP contribution is 2.28. The van der Waals surface area contributed by atoms with Gasteiger partial charge in [0.15, 0.2) is 0 Å². The SMILES string of the molecule is CCCNCc1ccc(Oc2ccc3c(c2)CCC3)nc1. The summed E-state index contributed by atoms with van der Waals surface area (Å²) in [5, 5.41) is 3.37. The molecule has 1 aliphatic carbocycles. The molecule has 1 heterocycles. The second kappa shape index (κ2) is 6.72. The van der Waals surface area contributed by atoms with Crippen LogP contribution in [0.3, 0.4) is 0 Å². The van der Waals surface area contributed by atoms with Gasteiger partial charge in [0.1, 0.15) is 5.75 Å². The van der Waals surface area contributed by atoms with Crippen LogP contribution in [0.1, 0.15) is 36.5 Å². The number of rotatable bonds is 6. The Labute approximate surface area is 126 Å². The maximum Gasteiger partial charge on any atom is 0.219 e. The Kier molecular flexibility index (Phi) is 4.51. The molecule has 3 heteroatoms. The van der Waals surface area contributed by atoms with Crippen LogP contribution in [0.15, 0.2) is 36.5 Å². The van der Waals surface area contributed by atoms with Crippen LogP contribution >= 0.6 is 0 Å². The maximum atomic E-state index is 5.85. The van der Waals surface area contributed by atoms with E-state index in [1.165, 1.54) is 36.0 Å². The van der Waals surface area contributed by atoms with Crippen LogP contribution in [0.5, 0.6) is 11.6 Å². The molecule has 0 radical (unpaired) electrons. The lowest BCUT2D eigenvalue weighted by atomic mass is 10.1. The van der Waals surface area contributed by atoms with Crippen molar-refractivity contribution in [1.82, 2.24) is 10.3 Å². The van der Waals surface area contributed by atoms with Gasteiger partial charge in [0.25, 0.3) is 0 Å². The fourth-order valence-corrected chi connectivity index (χ4v) is 2.72. The first-order valence-corrected chi connectivity index (χ1v) is 7.80. The van der Waals surface area contributed by atoms with Crippen molar-refractivity contribution in [1.29, 1.82) is 0 Å². The summed E-state index contributed by atoms with van der Waals surface area (Å²) in [5.41, 5.74) is 4.07. The molecule has 0 atom stereocenters. The molecule has 21 heavy (non-hydrogen) atoms. The number of aryl methyl sites for hydroxylation is 2. The van der Waals surface area contributed by atoms with Crippen LogP contribution in [0, 0.1) is 0 Å². The van der Waals surface area contributed by atoms with Crippen LogP contribution in [0.25, 0.3) is 0 Å². The largest absolute Gasteiger partial charge is 0.439 e. The molecule has 1 aromatic heterocycles. The number of hydrogen-bond acceptors (Lipinski definition) is 3. The van der Waals surface area contributed by atoms with Crippen LogP contribution in [-0.2, 0) is 19.4 Å². The molecule has 0 saturated heterocycles. The Bertz CT molecular complexity index is 593. The summed E-state index contributed by atoms with van der Waals surface area (Å²) in [6.07, 6.45) is 6.66. The molecule has 0 bridgehead atoms. The molecule has 2 aromatic rings. The second-order valence-corrected chi connectivity index (χ2v) is 5.57. The van der Waals surface area contributed by atoms with E-state index in [2.05, 4.69) is 35.4 Å². The molecule has 0 unspecified atom stereocenters. The molecule has 0 amide bonds. The first-order valence-electron chi connectivity index (χ1n) is 7.80. The number of nitrogens with zero attached hydrogens (tertiary/aromatic N) is 1. The zero-order valence-corrected chi connectivity index (χ0v) is 12.6. The van der Waals surface area contributed by atoms with Crippen LogP contribution < -0.4 is 10.1 Å². The molecule has 0 saturated carbocycles. The lowest BCUT2D eigenvalue weighted by Crippen LogP contribution is -2.13. The van der Waals surface area contributed by atoms with Gasteiger partial charge in [-0.1, -0.05) is 19.1 Å². The highest BCUT2D eigenvalue weighted by molar-refractivity contribution is 5.39. The van der Waals surface area contributed by atoms with Crippen molar-refractivity contribution in [2.45, 2.75) is 39.2 Å². The quantitative estimate of drug-likeness (QED) is 0.817. The third kappa shape index (κ3) is 3.61. The highest BCUT2D eigenvalue weighted by atomic mass is 16.5. The second-order valence-electron chi connectivity index (χ2n) is 5.57. The lowest BCUT2D eigenvalue weighted by Gasteiger charge is -2.08. The molecule has 0 spiro atoms. The first-order chi connectivity index (χ1) is 10.3. The number of pyridine rings is 1. The van der Waals surface area contributed by atoms with Crippen molar-refractivity contribution in [3.8, 4) is 11.6 Å². The third-order valence-corrected chi connectivity index (χ3v) is 3.85. The molecule has 1 aromatic carbocycles. The van der Waals surface area contributed by atoms with Crippen molar-refractivity contribution in [2.24, 2.45) is 0 Å². The molecule has 110 valence electrons. The van der Waals surface area contributed by atoms with E-state index in [0.29, 0.717) is 5.88 Å². The zero-order valence-electron chi connectivity index (χ0n) is 12.6. The molecule has 0 fully saturated rings. The Morgan fingerprint density at radius 2 is 2.05 bits per heavy atom. The molecular formula is C18H22N2O. The van der Waals surface area contributed by atoms with Gasteiger partial charge >= 0.3 is 0 Å². The van der Waals surface area contributed by atoms with Gasteiger partial charge in [-0.2, -0.15) is 0 Å². The summed E-state index contributed by atoms with van der Waals surface area (Å²) in [5.74, 6) is 1.55. The van der Waals surface area contributed by atoms with Gasteiger partial charge in [-0.25, -0.2) is 4.98 Å². The van der Waals surface area contributed by atoms with Crippen molar-refractivity contribution >= 4 is 0 Å². The van der Waals surface area contributed by atoms with Crippen LogP contribution in [-0.4, -0.2) is 11.5 Å². The zero-order chi connectivity index (χ0) is 14.5. The van der Waals surface area contributed by atoms with Crippen LogP contribution in [0.4, 0.5) is 0 Å². The molecule has 3 rings (SSSR count). The summed E-state index contributed by atoms with van der Waals surface area (Å²) in [6.45, 7) is 4.06. The summed E-state index contributed by atoms with van der Waals surface area (Å²) in [6, 6.07) is 10.4. The van der Waals surface area contributed by atoms with Crippen molar-refractivity contribution in [3.63, 3.8) is 0 Å². The van der Waals surface area contributed by atoms with E-state index in [4.69, 9.17) is 4.74 Å². The lowest BCUT2D eigenvalue weighted by molar-refractivity contribution is 0.461. The van der Waals surface area contributed by atoms with Gasteiger partial charge in [0.2, 0.25) is 5.88 Å². The minimum atomic E-state index is 0.659. The molecule has 1 aliphatic rings. The molecule has 1 N–H and O–H groups in total. The molecular weight excluding hydrogens is 260 g/mol. The normalized spacial score (nSPS) is 13.2. The fourth-order valence-electron chi connectivity index (χ4n) is 2.72. The Morgan fingerprint density at radius 1 is 1.14 bits per heavy atom. The smallest absolute Gasteiger partial charge is 0.219 e. The van der Waals surface area contributed by atoms with Gasteiger partial charge in [0.05, 0.1) is 0 Å². The molecule has 3 nitrogen and oxygen atoms in total. The third-order valence-electron chi connectivity index (χ3n) is 3.85. The van der Waals surface area contributed by atoms with Crippen molar-refractivity contribution in [2.75, 3.05) is 6.54 Å². The topological polar surface area (TPSA) is 34.1 Å². The number of benzene rings is 1. The summed E-state index contributed by atoms with van der Waals surface area (Å²) in [4.78, 5) is 4.38. The average Bonchev–Trinajstić information content (AvgIpc) is 2.97. The van der Waals surface area contributed by atoms with E-state index in [9.17, 15) is 0 Å². The van der Waals surface area contributed by atoms with Gasteiger partial charge < -0.3 is 10.1 Å². The average molecular weight is 282 g/mol. The number of nitrogens with one attached hydrogen (secondary N) is 1. The minimum Gasteiger partial charge on any atom is -0.439 e. The number of hydrogen-bond donors (Lipinski definition) is 1. The predicted molar refractivity (Wildman–Crippen MR) is 84.8 cm³/mol. The van der Waals surface area contributed by atoms with E-state index in [0.717, 1.165) is 25.3 Å². The number of fused-ring (bicyclic) bond motifs is 1. The Balaban J connectivity index is 1.62. The van der Waals surface area contributed by atoms with Crippen LogP contribution in [0.2, 0.25) is 0 Å². The minimum absolute atomic E-state index is 0.659. The summed E-state index contributed by atoms with van der Waals surface area (Å²) in [7, 11) is 0. The Morgan fingerprint density at radius 3 is 2.86 bits per heavy atom. The highest BCUT2D eigenvalue weighted by Gasteiger charge is 2.11. The standard InChI is InChI=1S/C18H22N2O/c1-2-10-19-12-14-6-9-18(20-13-14)21-17-8-7-15-4-3-5-16(15)11-17/h6-9,11,13,19H,2-5,10,12H2,1H3. The van der Waals surface area contributed by atoms with E-state index in [-0.39, 0.29) is 0 Å².